The number of nitrogens with one attached hydrogen (secondary N) is 1. The third-order valence-corrected chi connectivity index (χ3v) is 5.91. The molecule has 1 aromatic heterocycles. The zero-order valence-electron chi connectivity index (χ0n) is 14.1. The number of nitrogens with zero attached hydrogens (tertiary/aromatic N) is 1. The lowest BCUT2D eigenvalue weighted by molar-refractivity contribution is 0.214. The Morgan fingerprint density at radius 1 is 1.18 bits per heavy atom. The number of halogens is 4. The van der Waals surface area contributed by atoms with Gasteiger partial charge in [-0.15, -0.1) is 11.3 Å². The molecular weight excluding hydrogens is 437 g/mol. The number of benzene rings is 2. The fourth-order valence-corrected chi connectivity index (χ4v) is 4.33. The van der Waals surface area contributed by atoms with Crippen LogP contribution in [0.3, 0.4) is 0 Å². The third kappa shape index (κ3) is 4.23. The van der Waals surface area contributed by atoms with Gasteiger partial charge in [-0.3, -0.25) is 4.72 Å². The average molecular weight is 449 g/mol. The lowest BCUT2D eigenvalue weighted by Crippen LogP contribution is -2.15. The van der Waals surface area contributed by atoms with Gasteiger partial charge in [0.15, 0.2) is 5.82 Å². The molecule has 0 bridgehead atoms. The van der Waals surface area contributed by atoms with Gasteiger partial charge in [0.05, 0.1) is 16.1 Å². The largest absolute Gasteiger partial charge is 0.484 e. The van der Waals surface area contributed by atoms with Gasteiger partial charge in [-0.05, 0) is 25.1 Å². The molecule has 0 aliphatic carbocycles. The van der Waals surface area contributed by atoms with Crippen molar-refractivity contribution in [1.29, 1.82) is 0 Å². The summed E-state index contributed by atoms with van der Waals surface area (Å²) in [6, 6.07) is 4.90. The van der Waals surface area contributed by atoms with E-state index in [0.29, 0.717) is 0 Å². The summed E-state index contributed by atoms with van der Waals surface area (Å²) < 4.78 is 74.3. The SMILES string of the molecule is CC(Oc1cc(F)c(S(=O)(=O)Nc2cscn2)cc1Cl)c1c(F)cccc1F. The van der Waals surface area contributed by atoms with Crippen LogP contribution in [0.5, 0.6) is 5.75 Å². The molecule has 11 heteroatoms. The summed E-state index contributed by atoms with van der Waals surface area (Å²) in [4.78, 5) is 3.04. The van der Waals surface area contributed by atoms with Gasteiger partial charge in [0.1, 0.15) is 34.2 Å². The van der Waals surface area contributed by atoms with Crippen LogP contribution in [0.25, 0.3) is 0 Å². The minimum Gasteiger partial charge on any atom is -0.484 e. The highest BCUT2D eigenvalue weighted by Gasteiger charge is 2.24. The van der Waals surface area contributed by atoms with Crippen molar-refractivity contribution >= 4 is 38.8 Å². The molecule has 1 unspecified atom stereocenters. The molecule has 1 heterocycles. The van der Waals surface area contributed by atoms with Crippen molar-refractivity contribution in [2.45, 2.75) is 17.9 Å². The summed E-state index contributed by atoms with van der Waals surface area (Å²) in [6.07, 6.45) is -1.14. The van der Waals surface area contributed by atoms with E-state index < -0.39 is 38.5 Å². The first-order valence-corrected chi connectivity index (χ1v) is 10.5. The average Bonchev–Trinajstić information content (AvgIpc) is 3.09. The van der Waals surface area contributed by atoms with Crippen molar-refractivity contribution in [3.8, 4) is 5.75 Å². The fourth-order valence-electron chi connectivity index (χ4n) is 2.41. The van der Waals surface area contributed by atoms with Crippen LogP contribution in [-0.4, -0.2) is 13.4 Å². The van der Waals surface area contributed by atoms with Gasteiger partial charge in [-0.25, -0.2) is 26.6 Å². The molecule has 0 amide bonds. The van der Waals surface area contributed by atoms with E-state index in [4.69, 9.17) is 16.3 Å². The van der Waals surface area contributed by atoms with Gasteiger partial charge in [-0.1, -0.05) is 17.7 Å². The Morgan fingerprint density at radius 3 is 2.46 bits per heavy atom. The lowest BCUT2D eigenvalue weighted by atomic mass is 10.1. The third-order valence-electron chi connectivity index (χ3n) is 3.66. The first-order chi connectivity index (χ1) is 13.2. The number of aromatic nitrogens is 1. The number of rotatable bonds is 6. The Hall–Kier alpha value is -2.30. The highest BCUT2D eigenvalue weighted by atomic mass is 35.5. The van der Waals surface area contributed by atoms with Crippen LogP contribution in [-0.2, 0) is 10.0 Å². The first-order valence-electron chi connectivity index (χ1n) is 7.69. The van der Waals surface area contributed by atoms with Crippen molar-refractivity contribution in [2.75, 3.05) is 4.72 Å². The monoisotopic (exact) mass is 448 g/mol. The summed E-state index contributed by atoms with van der Waals surface area (Å²) in [7, 11) is -4.29. The molecular formula is C17H12ClF3N2O3S2. The highest BCUT2D eigenvalue weighted by Crippen LogP contribution is 2.34. The fraction of sp³-hybridized carbons (Fsp3) is 0.118. The molecule has 28 heavy (non-hydrogen) atoms. The van der Waals surface area contributed by atoms with Crippen LogP contribution in [0.2, 0.25) is 5.02 Å². The molecule has 0 aliphatic rings. The summed E-state index contributed by atoms with van der Waals surface area (Å²) in [5, 5.41) is 1.18. The standard InChI is InChI=1S/C17H12ClF3N2O3S2/c1-9(17-11(19)3-2-4-12(17)20)26-14-6-13(21)15(5-10(14)18)28(24,25)23-16-7-27-8-22-16/h2-9,23H,1H3. The number of ether oxygens (including phenoxy) is 1. The summed E-state index contributed by atoms with van der Waals surface area (Å²) in [6.45, 7) is 1.35. The molecule has 3 rings (SSSR count). The molecule has 2 aromatic carbocycles. The molecule has 1 atom stereocenters. The van der Waals surface area contributed by atoms with Crippen LogP contribution >= 0.6 is 22.9 Å². The van der Waals surface area contributed by atoms with Crippen molar-refractivity contribution in [3.05, 3.63) is 69.3 Å². The Balaban J connectivity index is 1.90. The van der Waals surface area contributed by atoms with Gasteiger partial charge in [0, 0.05) is 11.4 Å². The van der Waals surface area contributed by atoms with Gasteiger partial charge < -0.3 is 4.74 Å². The molecule has 0 radical (unpaired) electrons. The molecule has 0 saturated heterocycles. The zero-order valence-corrected chi connectivity index (χ0v) is 16.5. The van der Waals surface area contributed by atoms with E-state index in [1.165, 1.54) is 23.9 Å². The van der Waals surface area contributed by atoms with Crippen LogP contribution in [0.15, 0.2) is 46.1 Å². The molecule has 3 aromatic rings. The topological polar surface area (TPSA) is 68.3 Å². The van der Waals surface area contributed by atoms with Crippen molar-refractivity contribution in [3.63, 3.8) is 0 Å². The lowest BCUT2D eigenvalue weighted by Gasteiger charge is -2.18. The van der Waals surface area contributed by atoms with Gasteiger partial charge in [0.25, 0.3) is 10.0 Å². The van der Waals surface area contributed by atoms with Crippen molar-refractivity contribution < 1.29 is 26.3 Å². The van der Waals surface area contributed by atoms with Crippen molar-refractivity contribution in [2.24, 2.45) is 0 Å². The maximum Gasteiger partial charge on any atom is 0.266 e. The molecule has 0 aliphatic heterocycles. The summed E-state index contributed by atoms with van der Waals surface area (Å²) in [5.41, 5.74) is 1.04. The molecule has 148 valence electrons. The number of thiazole rings is 1. The zero-order chi connectivity index (χ0) is 20.5. The number of hydrogen-bond donors (Lipinski definition) is 1. The molecule has 1 N–H and O–H groups in total. The summed E-state index contributed by atoms with van der Waals surface area (Å²) >= 11 is 7.17. The quantitative estimate of drug-likeness (QED) is 0.566. The summed E-state index contributed by atoms with van der Waals surface area (Å²) in [5.74, 6) is -3.05. The number of sulfonamides is 1. The van der Waals surface area contributed by atoms with E-state index in [0.717, 1.165) is 35.6 Å². The van der Waals surface area contributed by atoms with Crippen molar-refractivity contribution in [1.82, 2.24) is 4.98 Å². The van der Waals surface area contributed by atoms with E-state index in [2.05, 4.69) is 9.71 Å². The molecule has 5 nitrogen and oxygen atoms in total. The second-order valence-corrected chi connectivity index (χ2v) is 8.36. The Bertz CT molecular complexity index is 1090. The van der Waals surface area contributed by atoms with Crippen LogP contribution in [0.1, 0.15) is 18.6 Å². The maximum absolute atomic E-state index is 14.4. The Labute approximate surface area is 167 Å². The minimum atomic E-state index is -4.29. The Morgan fingerprint density at radius 2 is 1.86 bits per heavy atom. The van der Waals surface area contributed by atoms with E-state index in [1.807, 2.05) is 0 Å². The normalized spacial score (nSPS) is 12.6. The van der Waals surface area contributed by atoms with E-state index in [1.54, 1.807) is 0 Å². The molecule has 0 fully saturated rings. The number of anilines is 1. The van der Waals surface area contributed by atoms with Gasteiger partial charge >= 0.3 is 0 Å². The maximum atomic E-state index is 14.4. The second kappa shape index (κ2) is 7.98. The van der Waals surface area contributed by atoms with E-state index >= 15 is 0 Å². The molecule has 0 saturated carbocycles. The first kappa shape index (κ1) is 20.4. The number of hydrogen-bond acceptors (Lipinski definition) is 5. The van der Waals surface area contributed by atoms with Gasteiger partial charge in [0.2, 0.25) is 0 Å². The van der Waals surface area contributed by atoms with Crippen LogP contribution in [0, 0.1) is 17.5 Å². The molecule has 0 spiro atoms. The minimum absolute atomic E-state index is 0.0319. The van der Waals surface area contributed by atoms with Crippen LogP contribution in [0.4, 0.5) is 19.0 Å². The predicted molar refractivity (Wildman–Crippen MR) is 99.7 cm³/mol. The van der Waals surface area contributed by atoms with E-state index in [9.17, 15) is 21.6 Å². The highest BCUT2D eigenvalue weighted by molar-refractivity contribution is 7.92. The Kier molecular flexibility index (Phi) is 5.82. The smallest absolute Gasteiger partial charge is 0.266 e. The predicted octanol–water partition coefficient (Wildman–Crippen LogP) is 5.15. The second-order valence-electron chi connectivity index (χ2n) is 5.59. The van der Waals surface area contributed by atoms with Gasteiger partial charge in [-0.2, -0.15) is 0 Å². The van der Waals surface area contributed by atoms with E-state index in [-0.39, 0.29) is 22.2 Å². The van der Waals surface area contributed by atoms with Crippen LogP contribution < -0.4 is 9.46 Å².